The number of thiazole rings is 1. The van der Waals surface area contributed by atoms with Crippen molar-refractivity contribution in [1.29, 1.82) is 0 Å². The summed E-state index contributed by atoms with van der Waals surface area (Å²) in [4.78, 5) is 9.74. The van der Waals surface area contributed by atoms with Gasteiger partial charge in [0, 0.05) is 34.7 Å². The highest BCUT2D eigenvalue weighted by Gasteiger charge is 2.06. The monoisotopic (exact) mass is 512 g/mol. The van der Waals surface area contributed by atoms with Crippen molar-refractivity contribution in [3.8, 4) is 0 Å². The van der Waals surface area contributed by atoms with Crippen LogP contribution in [0, 0.1) is 5.82 Å². The van der Waals surface area contributed by atoms with Crippen molar-refractivity contribution in [1.82, 2.24) is 15.6 Å². The van der Waals surface area contributed by atoms with Crippen LogP contribution in [-0.2, 0) is 19.5 Å². The Morgan fingerprint density at radius 2 is 2.09 bits per heavy atom. The molecule has 8 heteroatoms. The van der Waals surface area contributed by atoms with Crippen LogP contribution in [0.1, 0.15) is 22.4 Å². The maximum Gasteiger partial charge on any atom is 0.191 e. The Balaban J connectivity index is 0.00000264. The van der Waals surface area contributed by atoms with Gasteiger partial charge in [0.05, 0.1) is 6.54 Å². The first-order chi connectivity index (χ1) is 10.6. The minimum absolute atomic E-state index is 0. The molecule has 23 heavy (non-hydrogen) atoms. The van der Waals surface area contributed by atoms with E-state index in [1.165, 1.54) is 10.9 Å². The second kappa shape index (κ2) is 10.2. The van der Waals surface area contributed by atoms with E-state index in [9.17, 15) is 4.39 Å². The zero-order valence-corrected chi connectivity index (χ0v) is 17.6. The number of halogens is 3. The van der Waals surface area contributed by atoms with Gasteiger partial charge in [0.15, 0.2) is 5.96 Å². The molecule has 0 aliphatic rings. The predicted molar refractivity (Wildman–Crippen MR) is 108 cm³/mol. The van der Waals surface area contributed by atoms with Crippen LogP contribution in [0.2, 0.25) is 0 Å². The second-order valence-electron chi connectivity index (χ2n) is 4.59. The predicted octanol–water partition coefficient (Wildman–Crippen LogP) is 4.09. The number of rotatable bonds is 5. The van der Waals surface area contributed by atoms with E-state index < -0.39 is 0 Å². The summed E-state index contributed by atoms with van der Waals surface area (Å²) in [6, 6.07) is 4.88. The van der Waals surface area contributed by atoms with Gasteiger partial charge in [-0.2, -0.15) is 0 Å². The molecule has 2 aromatic rings. The Kier molecular flexibility index (Phi) is 9.00. The van der Waals surface area contributed by atoms with Crippen molar-refractivity contribution in [3.05, 3.63) is 50.1 Å². The normalized spacial score (nSPS) is 11.0. The zero-order chi connectivity index (χ0) is 15.9. The summed E-state index contributed by atoms with van der Waals surface area (Å²) < 4.78 is 14.5. The lowest BCUT2D eigenvalue weighted by Crippen LogP contribution is -2.36. The Morgan fingerprint density at radius 3 is 2.74 bits per heavy atom. The summed E-state index contributed by atoms with van der Waals surface area (Å²) in [7, 11) is 1.69. The number of guanidine groups is 1. The molecule has 0 aliphatic carbocycles. The summed E-state index contributed by atoms with van der Waals surface area (Å²) in [6.07, 6.45) is 2.89. The van der Waals surface area contributed by atoms with Crippen LogP contribution in [0.5, 0.6) is 0 Å². The van der Waals surface area contributed by atoms with Gasteiger partial charge < -0.3 is 10.6 Å². The summed E-state index contributed by atoms with van der Waals surface area (Å²) in [5.74, 6) is 0.381. The highest BCUT2D eigenvalue weighted by Crippen LogP contribution is 2.15. The van der Waals surface area contributed by atoms with Gasteiger partial charge in [-0.1, -0.05) is 22.9 Å². The van der Waals surface area contributed by atoms with E-state index in [0.717, 1.165) is 15.9 Å². The maximum absolute atomic E-state index is 13.7. The number of aromatic nitrogens is 1. The Bertz CT molecular complexity index is 663. The Hall–Kier alpha value is -0.740. The molecule has 2 rings (SSSR count). The third-order valence-electron chi connectivity index (χ3n) is 3.03. The SMILES string of the molecule is CCc1cnc(CNC(=NC)NCc2cc(Br)ccc2F)s1.I. The van der Waals surface area contributed by atoms with Crippen molar-refractivity contribution >= 4 is 57.2 Å². The molecule has 126 valence electrons. The van der Waals surface area contributed by atoms with E-state index in [-0.39, 0.29) is 29.8 Å². The average molecular weight is 513 g/mol. The topological polar surface area (TPSA) is 49.3 Å². The highest BCUT2D eigenvalue weighted by atomic mass is 127. The van der Waals surface area contributed by atoms with Crippen LogP contribution >= 0.6 is 51.2 Å². The third kappa shape index (κ3) is 6.34. The maximum atomic E-state index is 13.7. The lowest BCUT2D eigenvalue weighted by Gasteiger charge is -2.11. The fraction of sp³-hybridized carbons (Fsp3) is 0.333. The van der Waals surface area contributed by atoms with Crippen molar-refractivity contribution in [2.45, 2.75) is 26.4 Å². The number of aliphatic imine (C=N–C) groups is 1. The molecule has 0 saturated heterocycles. The van der Waals surface area contributed by atoms with Gasteiger partial charge in [0.25, 0.3) is 0 Å². The Labute approximate surface area is 165 Å². The van der Waals surface area contributed by atoms with Gasteiger partial charge in [-0.05, 0) is 24.6 Å². The molecule has 0 fully saturated rings. The molecule has 0 atom stereocenters. The van der Waals surface area contributed by atoms with E-state index in [1.807, 2.05) is 6.20 Å². The number of aryl methyl sites for hydroxylation is 1. The molecule has 4 nitrogen and oxygen atoms in total. The van der Waals surface area contributed by atoms with E-state index in [4.69, 9.17) is 0 Å². The van der Waals surface area contributed by atoms with Crippen LogP contribution in [-0.4, -0.2) is 18.0 Å². The van der Waals surface area contributed by atoms with Gasteiger partial charge in [0.2, 0.25) is 0 Å². The first-order valence-corrected chi connectivity index (χ1v) is 8.55. The molecule has 0 spiro atoms. The van der Waals surface area contributed by atoms with E-state index in [0.29, 0.717) is 24.6 Å². The van der Waals surface area contributed by atoms with Crippen LogP contribution in [0.15, 0.2) is 33.9 Å². The smallest absolute Gasteiger partial charge is 0.191 e. The molecule has 0 saturated carbocycles. The summed E-state index contributed by atoms with van der Waals surface area (Å²) in [5, 5.41) is 7.29. The lowest BCUT2D eigenvalue weighted by molar-refractivity contribution is 0.604. The molecule has 1 aromatic heterocycles. The fourth-order valence-electron chi connectivity index (χ4n) is 1.83. The fourth-order valence-corrected chi connectivity index (χ4v) is 3.04. The van der Waals surface area contributed by atoms with E-state index >= 15 is 0 Å². The van der Waals surface area contributed by atoms with Crippen molar-refractivity contribution in [2.24, 2.45) is 4.99 Å². The largest absolute Gasteiger partial charge is 0.352 e. The average Bonchev–Trinajstić information content (AvgIpc) is 2.98. The number of nitrogens with one attached hydrogen (secondary N) is 2. The minimum Gasteiger partial charge on any atom is -0.352 e. The molecule has 0 bridgehead atoms. The summed E-state index contributed by atoms with van der Waals surface area (Å²) in [6.45, 7) is 3.08. The first-order valence-electron chi connectivity index (χ1n) is 6.94. The zero-order valence-electron chi connectivity index (χ0n) is 12.9. The molecular formula is C15H19BrFIN4S. The number of benzene rings is 1. The van der Waals surface area contributed by atoms with Crippen LogP contribution < -0.4 is 10.6 Å². The molecule has 1 heterocycles. The van der Waals surface area contributed by atoms with Gasteiger partial charge in [-0.3, -0.25) is 4.99 Å². The molecule has 1 aromatic carbocycles. The minimum atomic E-state index is -0.237. The van der Waals surface area contributed by atoms with Gasteiger partial charge in [-0.25, -0.2) is 9.37 Å². The molecule has 0 radical (unpaired) electrons. The molecule has 2 N–H and O–H groups in total. The van der Waals surface area contributed by atoms with Crippen LogP contribution in [0.4, 0.5) is 4.39 Å². The standard InChI is InChI=1S/C15H18BrFN4S.HI/c1-3-12-8-19-14(22-12)9-21-15(18-2)20-7-10-6-11(16)4-5-13(10)17;/h4-6,8H,3,7,9H2,1-2H3,(H2,18,20,21);1H. The molecule has 0 aliphatic heterocycles. The van der Waals surface area contributed by atoms with Gasteiger partial charge >= 0.3 is 0 Å². The Morgan fingerprint density at radius 1 is 1.35 bits per heavy atom. The van der Waals surface area contributed by atoms with Crippen molar-refractivity contribution in [3.63, 3.8) is 0 Å². The van der Waals surface area contributed by atoms with Crippen LogP contribution in [0.3, 0.4) is 0 Å². The molecular weight excluding hydrogens is 494 g/mol. The number of hydrogen-bond acceptors (Lipinski definition) is 3. The third-order valence-corrected chi connectivity index (χ3v) is 4.67. The van der Waals surface area contributed by atoms with Crippen molar-refractivity contribution in [2.75, 3.05) is 7.05 Å². The lowest BCUT2D eigenvalue weighted by atomic mass is 10.2. The van der Waals surface area contributed by atoms with E-state index in [1.54, 1.807) is 30.5 Å². The van der Waals surface area contributed by atoms with E-state index in [2.05, 4.69) is 43.5 Å². The number of nitrogens with zero attached hydrogens (tertiary/aromatic N) is 2. The van der Waals surface area contributed by atoms with Gasteiger partial charge in [0.1, 0.15) is 10.8 Å². The van der Waals surface area contributed by atoms with Crippen molar-refractivity contribution < 1.29 is 4.39 Å². The quantitative estimate of drug-likeness (QED) is 0.360. The van der Waals surface area contributed by atoms with Crippen LogP contribution in [0.25, 0.3) is 0 Å². The van der Waals surface area contributed by atoms with Gasteiger partial charge in [-0.15, -0.1) is 35.3 Å². The second-order valence-corrected chi connectivity index (χ2v) is 6.70. The number of hydrogen-bond donors (Lipinski definition) is 2. The summed E-state index contributed by atoms with van der Waals surface area (Å²) in [5.41, 5.74) is 0.583. The highest BCUT2D eigenvalue weighted by molar-refractivity contribution is 14.0. The molecule has 0 unspecified atom stereocenters. The first kappa shape index (κ1) is 20.3. The summed E-state index contributed by atoms with van der Waals surface area (Å²) >= 11 is 5.03. The molecule has 0 amide bonds.